The Morgan fingerprint density at radius 3 is 1.31 bits per heavy atom. The van der Waals surface area contributed by atoms with Gasteiger partial charge in [-0.05, 0) is 25.7 Å². The summed E-state index contributed by atoms with van der Waals surface area (Å²) in [7, 11) is 0. The minimum absolute atomic E-state index is 0.419. The Labute approximate surface area is 97.1 Å². The van der Waals surface area contributed by atoms with Gasteiger partial charge in [-0.1, -0.05) is 26.7 Å². The third-order valence-corrected chi connectivity index (χ3v) is 2.52. The molecule has 0 fully saturated rings. The zero-order chi connectivity index (χ0) is 12.6. The van der Waals surface area contributed by atoms with E-state index in [-0.39, 0.29) is 0 Å². The molecule has 0 saturated carbocycles. The molecule has 0 atom stereocenters. The van der Waals surface area contributed by atoms with Crippen molar-refractivity contribution in [2.75, 3.05) is 0 Å². The van der Waals surface area contributed by atoms with Crippen LogP contribution < -0.4 is 11.5 Å². The maximum absolute atomic E-state index is 11.3. The highest BCUT2D eigenvalue weighted by Gasteiger charge is 2.16. The second-order valence-electron chi connectivity index (χ2n) is 3.89. The second kappa shape index (κ2) is 7.91. The number of carbonyl (C=O) groups is 2. The Balaban J connectivity index is 4.94. The maximum Gasteiger partial charge on any atom is 0.245 e. The molecule has 0 radical (unpaired) electrons. The standard InChI is InChI=1S/C12H22N2O2/c1-3-5-7-9(11(13)15)10(12(14)16)8-6-4-2/h3-8H2,1-2H3,(H2,13,15)(H2,14,16)/b10-9-. The first kappa shape index (κ1) is 14.7. The SMILES string of the molecule is CCCC/C(C(N)=O)=C(\CCCC)C(N)=O. The molecular weight excluding hydrogens is 204 g/mol. The number of primary amides is 2. The first-order chi connectivity index (χ1) is 7.54. The lowest BCUT2D eigenvalue weighted by Crippen LogP contribution is -2.23. The van der Waals surface area contributed by atoms with Crippen LogP contribution in [0.5, 0.6) is 0 Å². The van der Waals surface area contributed by atoms with E-state index in [0.717, 1.165) is 25.7 Å². The first-order valence-electron chi connectivity index (χ1n) is 5.86. The lowest BCUT2D eigenvalue weighted by Gasteiger charge is -2.09. The molecule has 2 amide bonds. The van der Waals surface area contributed by atoms with Gasteiger partial charge in [0.15, 0.2) is 0 Å². The van der Waals surface area contributed by atoms with E-state index in [2.05, 4.69) is 0 Å². The van der Waals surface area contributed by atoms with Gasteiger partial charge >= 0.3 is 0 Å². The Hall–Kier alpha value is -1.32. The fourth-order valence-corrected chi connectivity index (χ4v) is 1.55. The molecule has 4 N–H and O–H groups in total. The molecule has 0 spiro atoms. The molecule has 0 aromatic carbocycles. The molecule has 0 aliphatic carbocycles. The van der Waals surface area contributed by atoms with Crippen LogP contribution in [0.3, 0.4) is 0 Å². The van der Waals surface area contributed by atoms with Crippen LogP contribution in [0.1, 0.15) is 52.4 Å². The summed E-state index contributed by atoms with van der Waals surface area (Å²) in [6, 6.07) is 0. The van der Waals surface area contributed by atoms with Gasteiger partial charge in [-0.15, -0.1) is 0 Å². The van der Waals surface area contributed by atoms with Gasteiger partial charge in [0, 0.05) is 11.1 Å². The first-order valence-corrected chi connectivity index (χ1v) is 5.86. The number of carbonyl (C=O) groups excluding carboxylic acids is 2. The van der Waals surface area contributed by atoms with Gasteiger partial charge in [-0.25, -0.2) is 0 Å². The van der Waals surface area contributed by atoms with Crippen molar-refractivity contribution < 1.29 is 9.59 Å². The van der Waals surface area contributed by atoms with Crippen molar-refractivity contribution in [2.24, 2.45) is 11.5 Å². The van der Waals surface area contributed by atoms with Crippen LogP contribution in [-0.2, 0) is 9.59 Å². The number of hydrogen-bond donors (Lipinski definition) is 2. The molecule has 16 heavy (non-hydrogen) atoms. The average Bonchev–Trinajstić information content (AvgIpc) is 2.21. The van der Waals surface area contributed by atoms with Crippen molar-refractivity contribution in [1.82, 2.24) is 0 Å². The summed E-state index contributed by atoms with van der Waals surface area (Å²) in [6.07, 6.45) is 4.71. The van der Waals surface area contributed by atoms with Crippen LogP contribution in [0.15, 0.2) is 11.1 Å². The molecule has 92 valence electrons. The van der Waals surface area contributed by atoms with Crippen molar-refractivity contribution in [1.29, 1.82) is 0 Å². The van der Waals surface area contributed by atoms with Gasteiger partial charge in [0.05, 0.1) is 0 Å². The third kappa shape index (κ3) is 4.96. The molecule has 0 aromatic heterocycles. The Bertz CT molecular complexity index is 255. The van der Waals surface area contributed by atoms with E-state index in [1.165, 1.54) is 0 Å². The molecule has 0 heterocycles. The summed E-state index contributed by atoms with van der Waals surface area (Å²) in [4.78, 5) is 22.5. The van der Waals surface area contributed by atoms with Gasteiger partial charge in [0.1, 0.15) is 0 Å². The molecule has 0 aromatic rings. The van der Waals surface area contributed by atoms with Crippen molar-refractivity contribution in [3.63, 3.8) is 0 Å². The average molecular weight is 226 g/mol. The molecule has 0 saturated heterocycles. The van der Waals surface area contributed by atoms with Crippen LogP contribution in [0.25, 0.3) is 0 Å². The van der Waals surface area contributed by atoms with Gasteiger partial charge < -0.3 is 11.5 Å². The highest BCUT2D eigenvalue weighted by atomic mass is 16.2. The normalized spacial score (nSPS) is 12.1. The Morgan fingerprint density at radius 2 is 1.12 bits per heavy atom. The van der Waals surface area contributed by atoms with Crippen LogP contribution >= 0.6 is 0 Å². The minimum Gasteiger partial charge on any atom is -0.366 e. The lowest BCUT2D eigenvalue weighted by atomic mass is 9.97. The van der Waals surface area contributed by atoms with E-state index in [9.17, 15) is 9.59 Å². The van der Waals surface area contributed by atoms with E-state index in [1.807, 2.05) is 13.8 Å². The lowest BCUT2D eigenvalue weighted by molar-refractivity contribution is -0.117. The van der Waals surface area contributed by atoms with Crippen LogP contribution in [0.4, 0.5) is 0 Å². The molecule has 4 heteroatoms. The molecule has 4 nitrogen and oxygen atoms in total. The van der Waals surface area contributed by atoms with Crippen LogP contribution in [0.2, 0.25) is 0 Å². The van der Waals surface area contributed by atoms with E-state index in [4.69, 9.17) is 11.5 Å². The van der Waals surface area contributed by atoms with Crippen molar-refractivity contribution in [3.05, 3.63) is 11.1 Å². The minimum atomic E-state index is -0.515. The quantitative estimate of drug-likeness (QED) is 0.616. The van der Waals surface area contributed by atoms with Crippen molar-refractivity contribution >= 4 is 11.8 Å². The van der Waals surface area contributed by atoms with Crippen molar-refractivity contribution in [2.45, 2.75) is 52.4 Å². The summed E-state index contributed by atoms with van der Waals surface area (Å²) < 4.78 is 0. The largest absolute Gasteiger partial charge is 0.366 e. The van der Waals surface area contributed by atoms with Crippen LogP contribution in [0, 0.1) is 0 Å². The summed E-state index contributed by atoms with van der Waals surface area (Å²) in [5, 5.41) is 0. The fourth-order valence-electron chi connectivity index (χ4n) is 1.55. The fraction of sp³-hybridized carbons (Fsp3) is 0.667. The van der Waals surface area contributed by atoms with Crippen molar-refractivity contribution in [3.8, 4) is 0 Å². The molecular formula is C12H22N2O2. The monoisotopic (exact) mass is 226 g/mol. The maximum atomic E-state index is 11.3. The highest BCUT2D eigenvalue weighted by Crippen LogP contribution is 2.17. The van der Waals surface area contributed by atoms with E-state index in [1.54, 1.807) is 0 Å². The third-order valence-electron chi connectivity index (χ3n) is 2.52. The molecule has 0 bridgehead atoms. The molecule has 0 unspecified atom stereocenters. The van der Waals surface area contributed by atoms with Gasteiger partial charge in [0.25, 0.3) is 0 Å². The number of hydrogen-bond acceptors (Lipinski definition) is 2. The summed E-state index contributed by atoms with van der Waals surface area (Å²) in [5.74, 6) is -1.03. The smallest absolute Gasteiger partial charge is 0.245 e. The Kier molecular flexibility index (Phi) is 7.25. The molecule has 0 aliphatic heterocycles. The van der Waals surface area contributed by atoms with Crippen LogP contribution in [-0.4, -0.2) is 11.8 Å². The highest BCUT2D eigenvalue weighted by molar-refractivity contribution is 6.03. The molecule has 0 aliphatic rings. The van der Waals surface area contributed by atoms with E-state index >= 15 is 0 Å². The zero-order valence-corrected chi connectivity index (χ0v) is 10.2. The summed E-state index contributed by atoms with van der Waals surface area (Å²) in [5.41, 5.74) is 11.4. The van der Waals surface area contributed by atoms with Gasteiger partial charge in [-0.3, -0.25) is 9.59 Å². The van der Waals surface area contributed by atoms with E-state index in [0.29, 0.717) is 24.0 Å². The Morgan fingerprint density at radius 1 is 0.812 bits per heavy atom. The topological polar surface area (TPSA) is 86.2 Å². The summed E-state index contributed by atoms with van der Waals surface area (Å²) in [6.45, 7) is 4.04. The summed E-state index contributed by atoms with van der Waals surface area (Å²) >= 11 is 0. The number of unbranched alkanes of at least 4 members (excludes halogenated alkanes) is 2. The number of amides is 2. The number of rotatable bonds is 8. The number of nitrogens with two attached hydrogens (primary N) is 2. The van der Waals surface area contributed by atoms with E-state index < -0.39 is 11.8 Å². The van der Waals surface area contributed by atoms with Gasteiger partial charge in [-0.2, -0.15) is 0 Å². The zero-order valence-electron chi connectivity index (χ0n) is 10.2. The predicted octanol–water partition coefficient (Wildman–Crippen LogP) is 1.63. The molecule has 0 rings (SSSR count). The second-order valence-corrected chi connectivity index (χ2v) is 3.89. The predicted molar refractivity (Wildman–Crippen MR) is 64.5 cm³/mol. The van der Waals surface area contributed by atoms with Gasteiger partial charge in [0.2, 0.25) is 11.8 Å².